The highest BCUT2D eigenvalue weighted by molar-refractivity contribution is 5.98. The van der Waals surface area contributed by atoms with Gasteiger partial charge >= 0.3 is 0 Å². The van der Waals surface area contributed by atoms with Crippen LogP contribution in [0.1, 0.15) is 39.1 Å². The maximum absolute atomic E-state index is 13.8. The zero-order chi connectivity index (χ0) is 25.3. The number of amides is 3. The summed E-state index contributed by atoms with van der Waals surface area (Å²) in [6, 6.07) is 16.0. The molecule has 2 aromatic rings. The quantitative estimate of drug-likeness (QED) is 0.660. The van der Waals surface area contributed by atoms with E-state index in [9.17, 15) is 14.4 Å². The van der Waals surface area contributed by atoms with Crippen LogP contribution in [0.4, 0.5) is 0 Å². The minimum Gasteiger partial charge on any atom is -0.353 e. The van der Waals surface area contributed by atoms with E-state index in [1.54, 1.807) is 17.0 Å². The summed E-state index contributed by atoms with van der Waals surface area (Å²) < 4.78 is 6.34. The van der Waals surface area contributed by atoms with E-state index in [1.807, 2.05) is 66.2 Å². The molecule has 0 radical (unpaired) electrons. The lowest BCUT2D eigenvalue weighted by Crippen LogP contribution is -2.61. The molecule has 3 amide bonds. The van der Waals surface area contributed by atoms with Crippen LogP contribution >= 0.6 is 0 Å². The molecule has 1 atom stereocenters. The molecule has 1 spiro atoms. The number of ether oxygens (including phenoxy) is 1. The van der Waals surface area contributed by atoms with Crippen molar-refractivity contribution in [1.82, 2.24) is 19.6 Å². The van der Waals surface area contributed by atoms with E-state index in [0.717, 1.165) is 18.7 Å². The smallest absolute Gasteiger partial charge is 0.256 e. The summed E-state index contributed by atoms with van der Waals surface area (Å²) in [5, 5.41) is 0. The second-order valence-corrected chi connectivity index (χ2v) is 10.1. The molecule has 3 aliphatic rings. The highest BCUT2D eigenvalue weighted by Gasteiger charge is 2.55. The molecule has 3 fully saturated rings. The van der Waals surface area contributed by atoms with Crippen LogP contribution in [-0.2, 0) is 9.53 Å². The van der Waals surface area contributed by atoms with Crippen molar-refractivity contribution in [2.75, 3.05) is 52.9 Å². The summed E-state index contributed by atoms with van der Waals surface area (Å²) in [6.07, 6.45) is 0.936. The highest BCUT2D eigenvalue weighted by atomic mass is 16.5. The summed E-state index contributed by atoms with van der Waals surface area (Å²) in [5.74, 6) is -0.265. The lowest BCUT2D eigenvalue weighted by atomic mass is 9.95. The Morgan fingerprint density at radius 1 is 0.806 bits per heavy atom. The second kappa shape index (κ2) is 10.0. The van der Waals surface area contributed by atoms with Crippen LogP contribution in [0.25, 0.3) is 0 Å². The Labute approximate surface area is 212 Å². The van der Waals surface area contributed by atoms with Crippen molar-refractivity contribution >= 4 is 17.7 Å². The van der Waals surface area contributed by atoms with Crippen molar-refractivity contribution in [1.29, 1.82) is 0 Å². The third-order valence-electron chi connectivity index (χ3n) is 7.70. The van der Waals surface area contributed by atoms with Crippen LogP contribution < -0.4 is 0 Å². The summed E-state index contributed by atoms with van der Waals surface area (Å²) in [6.45, 7) is 5.98. The molecule has 1 unspecified atom stereocenters. The fourth-order valence-electron chi connectivity index (χ4n) is 5.53. The number of likely N-dealkylation sites (tertiary alicyclic amines) is 1. The fourth-order valence-corrected chi connectivity index (χ4v) is 5.53. The lowest BCUT2D eigenvalue weighted by molar-refractivity contribution is -0.139. The highest BCUT2D eigenvalue weighted by Crippen LogP contribution is 2.39. The molecule has 190 valence electrons. The SMILES string of the molecule is Cc1cccc(C(=O)N2CCC3(CC2)OCC(C(=O)N2CCN(C)CC2)N3C(=O)c2ccccc2)c1. The van der Waals surface area contributed by atoms with Gasteiger partial charge in [-0.1, -0.05) is 35.9 Å². The molecule has 36 heavy (non-hydrogen) atoms. The number of piperazine rings is 1. The van der Waals surface area contributed by atoms with Crippen molar-refractivity contribution in [2.45, 2.75) is 31.5 Å². The number of likely N-dealkylation sites (N-methyl/N-ethyl adjacent to an activating group) is 1. The fraction of sp³-hybridized carbons (Fsp3) is 0.464. The first kappa shape index (κ1) is 24.5. The third kappa shape index (κ3) is 4.63. The first-order valence-electron chi connectivity index (χ1n) is 12.7. The van der Waals surface area contributed by atoms with Crippen LogP contribution in [0.2, 0.25) is 0 Å². The molecule has 8 nitrogen and oxygen atoms in total. The maximum atomic E-state index is 13.8. The number of rotatable bonds is 3. The average molecular weight is 491 g/mol. The molecule has 0 N–H and O–H groups in total. The molecule has 5 rings (SSSR count). The van der Waals surface area contributed by atoms with Gasteiger partial charge in [0, 0.05) is 63.2 Å². The zero-order valence-electron chi connectivity index (χ0n) is 21.1. The molecule has 0 bridgehead atoms. The minimum atomic E-state index is -0.900. The molecule has 2 aromatic carbocycles. The Balaban J connectivity index is 1.38. The van der Waals surface area contributed by atoms with E-state index in [2.05, 4.69) is 4.90 Å². The standard InChI is InChI=1S/C28H34N4O4/c1-21-7-6-10-23(19-21)25(33)30-13-11-28(12-14-30)32(26(34)22-8-4-3-5-9-22)24(20-36-28)27(35)31-17-15-29(2)16-18-31/h3-10,19,24H,11-18,20H2,1-2H3. The normalized spacial score (nSPS) is 22.2. The Kier molecular flexibility index (Phi) is 6.81. The van der Waals surface area contributed by atoms with Crippen molar-refractivity contribution in [3.63, 3.8) is 0 Å². The number of aryl methyl sites for hydroxylation is 1. The van der Waals surface area contributed by atoms with Gasteiger partial charge in [-0.15, -0.1) is 0 Å². The van der Waals surface area contributed by atoms with Gasteiger partial charge in [0.2, 0.25) is 5.91 Å². The second-order valence-electron chi connectivity index (χ2n) is 10.1. The van der Waals surface area contributed by atoms with E-state index >= 15 is 0 Å². The summed E-state index contributed by atoms with van der Waals surface area (Å²) >= 11 is 0. The lowest BCUT2D eigenvalue weighted by Gasteiger charge is -2.45. The average Bonchev–Trinajstić information content (AvgIpc) is 3.27. The molecule has 8 heteroatoms. The Morgan fingerprint density at radius 3 is 2.14 bits per heavy atom. The van der Waals surface area contributed by atoms with Crippen molar-refractivity contribution in [3.8, 4) is 0 Å². The minimum absolute atomic E-state index is 0.0162. The van der Waals surface area contributed by atoms with Gasteiger partial charge < -0.3 is 19.4 Å². The van der Waals surface area contributed by atoms with E-state index in [0.29, 0.717) is 50.1 Å². The molecule has 0 aliphatic carbocycles. The Bertz CT molecular complexity index is 1120. The molecular weight excluding hydrogens is 456 g/mol. The Morgan fingerprint density at radius 2 is 1.47 bits per heavy atom. The van der Waals surface area contributed by atoms with Crippen LogP contribution in [-0.4, -0.2) is 102 Å². The van der Waals surface area contributed by atoms with Crippen LogP contribution in [0.5, 0.6) is 0 Å². The number of nitrogens with zero attached hydrogens (tertiary/aromatic N) is 4. The number of hydrogen-bond acceptors (Lipinski definition) is 5. The number of carbonyl (C=O) groups excluding carboxylic acids is 3. The zero-order valence-corrected chi connectivity index (χ0v) is 21.1. The largest absolute Gasteiger partial charge is 0.353 e. The van der Waals surface area contributed by atoms with Gasteiger partial charge in [-0.05, 0) is 38.2 Å². The molecular formula is C28H34N4O4. The van der Waals surface area contributed by atoms with Crippen molar-refractivity contribution in [2.24, 2.45) is 0 Å². The van der Waals surface area contributed by atoms with Crippen LogP contribution in [0.15, 0.2) is 54.6 Å². The van der Waals surface area contributed by atoms with E-state index in [-0.39, 0.29) is 24.3 Å². The van der Waals surface area contributed by atoms with Gasteiger partial charge in [0.05, 0.1) is 6.61 Å². The monoisotopic (exact) mass is 490 g/mol. The van der Waals surface area contributed by atoms with E-state index in [4.69, 9.17) is 4.74 Å². The summed E-state index contributed by atoms with van der Waals surface area (Å²) in [7, 11) is 2.05. The molecule has 3 aliphatic heterocycles. The van der Waals surface area contributed by atoms with Gasteiger partial charge in [0.15, 0.2) is 0 Å². The molecule has 3 saturated heterocycles. The van der Waals surface area contributed by atoms with Gasteiger partial charge in [0.1, 0.15) is 11.8 Å². The number of benzene rings is 2. The number of hydrogen-bond donors (Lipinski definition) is 0. The van der Waals surface area contributed by atoms with Gasteiger partial charge in [0.25, 0.3) is 11.8 Å². The number of piperidine rings is 1. The first-order chi connectivity index (χ1) is 17.4. The summed E-state index contributed by atoms with van der Waals surface area (Å²) in [5.41, 5.74) is 1.34. The summed E-state index contributed by atoms with van der Waals surface area (Å²) in [4.78, 5) is 48.2. The molecule has 3 heterocycles. The first-order valence-corrected chi connectivity index (χ1v) is 12.7. The third-order valence-corrected chi connectivity index (χ3v) is 7.70. The Hall–Kier alpha value is -3.23. The maximum Gasteiger partial charge on any atom is 0.256 e. The predicted molar refractivity (Wildman–Crippen MR) is 135 cm³/mol. The van der Waals surface area contributed by atoms with Crippen LogP contribution in [0.3, 0.4) is 0 Å². The van der Waals surface area contributed by atoms with Gasteiger partial charge in [-0.25, -0.2) is 0 Å². The molecule has 0 aromatic heterocycles. The topological polar surface area (TPSA) is 73.4 Å². The van der Waals surface area contributed by atoms with Gasteiger partial charge in [-0.3, -0.25) is 19.3 Å². The van der Waals surface area contributed by atoms with Crippen LogP contribution in [0, 0.1) is 6.92 Å². The molecule has 0 saturated carbocycles. The van der Waals surface area contributed by atoms with E-state index in [1.165, 1.54) is 0 Å². The van der Waals surface area contributed by atoms with Crippen molar-refractivity contribution in [3.05, 3.63) is 71.3 Å². The number of carbonyl (C=O) groups is 3. The predicted octanol–water partition coefficient (Wildman–Crippen LogP) is 2.24. The van der Waals surface area contributed by atoms with E-state index < -0.39 is 11.8 Å². The van der Waals surface area contributed by atoms with Gasteiger partial charge in [-0.2, -0.15) is 0 Å². The van der Waals surface area contributed by atoms with Crippen molar-refractivity contribution < 1.29 is 19.1 Å².